The number of hydrogen-bond donors (Lipinski definition) is 1. The number of carbonyl (C=O) groups excluding carboxylic acids is 1. The van der Waals surface area contributed by atoms with E-state index in [1.807, 2.05) is 43.7 Å². The third-order valence-corrected chi connectivity index (χ3v) is 4.66. The smallest absolute Gasteiger partial charge is 0.271 e. The molecule has 0 unspecified atom stereocenters. The molecule has 0 aliphatic heterocycles. The molecule has 0 aliphatic carbocycles. The summed E-state index contributed by atoms with van der Waals surface area (Å²) in [6.07, 6.45) is 2.42. The minimum Gasteiger partial charge on any atom is -0.462 e. The van der Waals surface area contributed by atoms with E-state index in [1.54, 1.807) is 6.26 Å². The fourth-order valence-electron chi connectivity index (χ4n) is 2.53. The molecule has 0 aliphatic rings. The van der Waals surface area contributed by atoms with E-state index in [-0.39, 0.29) is 5.91 Å². The Morgan fingerprint density at radius 1 is 1.38 bits per heavy atom. The fourth-order valence-corrected chi connectivity index (χ4v) is 3.41. The van der Waals surface area contributed by atoms with E-state index in [0.29, 0.717) is 18.0 Å². The molecule has 0 spiro atoms. The zero-order valence-corrected chi connectivity index (χ0v) is 14.8. The Morgan fingerprint density at radius 2 is 2.21 bits per heavy atom. The molecule has 3 aromatic rings. The first-order chi connectivity index (χ1) is 11.5. The lowest BCUT2D eigenvalue weighted by molar-refractivity contribution is 0.0948. The second-order valence-corrected chi connectivity index (χ2v) is 6.86. The number of thiazole rings is 1. The van der Waals surface area contributed by atoms with Crippen molar-refractivity contribution in [3.05, 3.63) is 46.4 Å². The third kappa shape index (κ3) is 3.56. The molecule has 1 amide bonds. The first-order valence-corrected chi connectivity index (χ1v) is 8.67. The van der Waals surface area contributed by atoms with Crippen molar-refractivity contribution in [2.24, 2.45) is 0 Å². The van der Waals surface area contributed by atoms with E-state index < -0.39 is 0 Å². The molecule has 1 N–H and O–H groups in total. The highest BCUT2D eigenvalue weighted by atomic mass is 32.1. The molecular formula is C17H20N4O2S. The van der Waals surface area contributed by atoms with Gasteiger partial charge in [-0.1, -0.05) is 0 Å². The van der Waals surface area contributed by atoms with Crippen LogP contribution in [-0.4, -0.2) is 27.2 Å². The molecule has 126 valence electrons. The number of carbonyl (C=O) groups is 1. The number of aryl methyl sites for hydroxylation is 4. The summed E-state index contributed by atoms with van der Waals surface area (Å²) in [6, 6.07) is 5.70. The number of nitrogens with one attached hydrogen (secondary N) is 1. The van der Waals surface area contributed by atoms with Crippen molar-refractivity contribution in [1.82, 2.24) is 20.1 Å². The van der Waals surface area contributed by atoms with E-state index in [4.69, 9.17) is 4.42 Å². The van der Waals surface area contributed by atoms with Crippen molar-refractivity contribution in [2.75, 3.05) is 6.54 Å². The highest BCUT2D eigenvalue weighted by molar-refractivity contribution is 7.15. The Balaban J connectivity index is 1.55. The summed E-state index contributed by atoms with van der Waals surface area (Å²) in [6.45, 7) is 7.28. The summed E-state index contributed by atoms with van der Waals surface area (Å²) in [5, 5.41) is 8.07. The van der Waals surface area contributed by atoms with Gasteiger partial charge < -0.3 is 9.73 Å². The van der Waals surface area contributed by atoms with Gasteiger partial charge in [-0.25, -0.2) is 4.98 Å². The molecule has 0 atom stereocenters. The third-order valence-electron chi connectivity index (χ3n) is 3.68. The van der Waals surface area contributed by atoms with Crippen LogP contribution >= 0.6 is 11.3 Å². The van der Waals surface area contributed by atoms with Crippen molar-refractivity contribution in [3.8, 4) is 10.8 Å². The number of furan rings is 1. The number of aromatic nitrogens is 3. The minimum atomic E-state index is -0.144. The number of rotatable bonds is 6. The molecule has 0 aromatic carbocycles. The monoisotopic (exact) mass is 344 g/mol. The van der Waals surface area contributed by atoms with Gasteiger partial charge in [-0.05, 0) is 45.4 Å². The maximum atomic E-state index is 12.3. The van der Waals surface area contributed by atoms with Gasteiger partial charge in [0, 0.05) is 23.7 Å². The second-order valence-electron chi connectivity index (χ2n) is 5.66. The Labute approximate surface area is 144 Å². The fraction of sp³-hybridized carbons (Fsp3) is 0.353. The largest absolute Gasteiger partial charge is 0.462 e. The van der Waals surface area contributed by atoms with Gasteiger partial charge in [0.15, 0.2) is 10.8 Å². The quantitative estimate of drug-likeness (QED) is 0.696. The molecule has 0 radical (unpaired) electrons. The highest BCUT2D eigenvalue weighted by Gasteiger charge is 2.17. The van der Waals surface area contributed by atoms with Crippen LogP contribution in [0.5, 0.6) is 0 Å². The van der Waals surface area contributed by atoms with Gasteiger partial charge in [0.25, 0.3) is 5.91 Å². The first kappa shape index (κ1) is 16.4. The van der Waals surface area contributed by atoms with Crippen LogP contribution < -0.4 is 5.32 Å². The van der Waals surface area contributed by atoms with Crippen LogP contribution in [0.25, 0.3) is 10.8 Å². The Kier molecular flexibility index (Phi) is 4.80. The standard InChI is InChI=1S/C17H20N4O2S/c1-11-10-12(2)21(20-11)8-5-7-18-16(22)15-13(3)24-17(19-15)14-6-4-9-23-14/h4,6,9-10H,5,7-8H2,1-3H3,(H,18,22). The van der Waals surface area contributed by atoms with Crippen molar-refractivity contribution in [2.45, 2.75) is 33.7 Å². The van der Waals surface area contributed by atoms with Gasteiger partial charge >= 0.3 is 0 Å². The summed E-state index contributed by atoms with van der Waals surface area (Å²) >= 11 is 1.46. The maximum Gasteiger partial charge on any atom is 0.271 e. The minimum absolute atomic E-state index is 0.144. The number of nitrogens with zero attached hydrogens (tertiary/aromatic N) is 3. The second kappa shape index (κ2) is 7.00. The molecule has 24 heavy (non-hydrogen) atoms. The molecule has 3 heterocycles. The predicted octanol–water partition coefficient (Wildman–Crippen LogP) is 3.34. The van der Waals surface area contributed by atoms with E-state index in [9.17, 15) is 4.79 Å². The van der Waals surface area contributed by atoms with E-state index >= 15 is 0 Å². The molecular weight excluding hydrogens is 324 g/mol. The number of amides is 1. The van der Waals surface area contributed by atoms with Gasteiger partial charge in [-0.15, -0.1) is 11.3 Å². The summed E-state index contributed by atoms with van der Waals surface area (Å²) in [5.74, 6) is 0.543. The number of hydrogen-bond acceptors (Lipinski definition) is 5. The lowest BCUT2D eigenvalue weighted by Crippen LogP contribution is -2.26. The Hall–Kier alpha value is -2.41. The maximum absolute atomic E-state index is 12.3. The molecule has 7 heteroatoms. The van der Waals surface area contributed by atoms with Crippen LogP contribution in [0, 0.1) is 20.8 Å². The summed E-state index contributed by atoms with van der Waals surface area (Å²) in [4.78, 5) is 17.6. The molecule has 3 rings (SSSR count). The zero-order chi connectivity index (χ0) is 17.1. The summed E-state index contributed by atoms with van der Waals surface area (Å²) < 4.78 is 7.30. The van der Waals surface area contributed by atoms with Crippen molar-refractivity contribution in [1.29, 1.82) is 0 Å². The Bertz CT molecular complexity index is 833. The molecule has 6 nitrogen and oxygen atoms in total. The molecule has 0 saturated carbocycles. The zero-order valence-electron chi connectivity index (χ0n) is 14.0. The molecule has 0 bridgehead atoms. The van der Waals surface area contributed by atoms with Crippen molar-refractivity contribution >= 4 is 17.2 Å². The average molecular weight is 344 g/mol. The van der Waals surface area contributed by atoms with Crippen molar-refractivity contribution < 1.29 is 9.21 Å². The van der Waals surface area contributed by atoms with Crippen LogP contribution in [0.2, 0.25) is 0 Å². The van der Waals surface area contributed by atoms with E-state index in [0.717, 1.165) is 34.2 Å². The molecule has 0 fully saturated rings. The summed E-state index contributed by atoms with van der Waals surface area (Å²) in [7, 11) is 0. The van der Waals surface area contributed by atoms with Crippen LogP contribution in [0.4, 0.5) is 0 Å². The van der Waals surface area contributed by atoms with Crippen LogP contribution in [0.15, 0.2) is 28.9 Å². The SMILES string of the molecule is Cc1cc(C)n(CCCNC(=O)c2nc(-c3ccco3)sc2C)n1. The molecule has 3 aromatic heterocycles. The van der Waals surface area contributed by atoms with Crippen LogP contribution in [-0.2, 0) is 6.54 Å². The summed E-state index contributed by atoms with van der Waals surface area (Å²) in [5.41, 5.74) is 2.62. The van der Waals surface area contributed by atoms with Gasteiger partial charge in [-0.2, -0.15) is 5.10 Å². The van der Waals surface area contributed by atoms with E-state index in [2.05, 4.69) is 15.4 Å². The topological polar surface area (TPSA) is 73.0 Å². The predicted molar refractivity (Wildman–Crippen MR) is 93.2 cm³/mol. The van der Waals surface area contributed by atoms with Crippen LogP contribution in [0.3, 0.4) is 0 Å². The van der Waals surface area contributed by atoms with Gasteiger partial charge in [0.2, 0.25) is 0 Å². The highest BCUT2D eigenvalue weighted by Crippen LogP contribution is 2.27. The average Bonchev–Trinajstić information content (AvgIpc) is 3.24. The van der Waals surface area contributed by atoms with Gasteiger partial charge in [-0.3, -0.25) is 9.48 Å². The first-order valence-electron chi connectivity index (χ1n) is 7.85. The lowest BCUT2D eigenvalue weighted by atomic mass is 10.3. The van der Waals surface area contributed by atoms with Gasteiger partial charge in [0.05, 0.1) is 12.0 Å². The lowest BCUT2D eigenvalue weighted by Gasteiger charge is -2.06. The van der Waals surface area contributed by atoms with Crippen molar-refractivity contribution in [3.63, 3.8) is 0 Å². The normalized spacial score (nSPS) is 11.0. The Morgan fingerprint density at radius 3 is 2.88 bits per heavy atom. The van der Waals surface area contributed by atoms with Gasteiger partial charge in [0.1, 0.15) is 5.69 Å². The van der Waals surface area contributed by atoms with Crippen LogP contribution in [0.1, 0.15) is 33.2 Å². The molecule has 0 saturated heterocycles. The van der Waals surface area contributed by atoms with E-state index in [1.165, 1.54) is 11.3 Å².